The van der Waals surface area contributed by atoms with E-state index in [4.69, 9.17) is 69.6 Å². The first-order valence-electron chi connectivity index (χ1n) is 18.0. The summed E-state index contributed by atoms with van der Waals surface area (Å²) in [5, 5.41) is 27.0. The second-order valence-electron chi connectivity index (χ2n) is 13.3. The van der Waals surface area contributed by atoms with Gasteiger partial charge in [-0.2, -0.15) is 20.5 Å². The Hall–Kier alpha value is -5.74. The summed E-state index contributed by atoms with van der Waals surface area (Å²) in [6.07, 6.45) is 0. The van der Waals surface area contributed by atoms with Crippen molar-refractivity contribution in [3.63, 3.8) is 0 Å². The Morgan fingerprint density at radius 1 is 0.484 bits per heavy atom. The molecule has 0 spiro atoms. The summed E-state index contributed by atoms with van der Waals surface area (Å²) < 4.78 is 0. The molecule has 0 saturated carbocycles. The van der Waals surface area contributed by atoms with Gasteiger partial charge in [-0.3, -0.25) is 28.8 Å². The fourth-order valence-electron chi connectivity index (χ4n) is 5.65. The first-order valence-corrected chi connectivity index (χ1v) is 20.3. The lowest BCUT2D eigenvalue weighted by atomic mass is 10.1. The molecule has 0 aliphatic rings. The third-order valence-corrected chi connectivity index (χ3v) is 10.8. The first kappa shape index (κ1) is 47.3. The van der Waals surface area contributed by atoms with Crippen LogP contribution in [0.25, 0.3) is 0 Å². The Balaban J connectivity index is 1.28. The second-order valence-corrected chi connectivity index (χ2v) is 15.7. The van der Waals surface area contributed by atoms with Gasteiger partial charge in [-0.25, -0.2) is 0 Å². The van der Waals surface area contributed by atoms with Crippen molar-refractivity contribution in [2.24, 2.45) is 20.5 Å². The molecular weight excluding hydrogens is 925 g/mol. The number of amides is 4. The molecule has 0 saturated heterocycles. The van der Waals surface area contributed by atoms with Crippen LogP contribution in [0.5, 0.6) is 0 Å². The first-order chi connectivity index (χ1) is 29.4. The predicted molar refractivity (Wildman–Crippen MR) is 243 cm³/mol. The molecule has 5 rings (SSSR count). The number of nitrogens with zero attached hydrogens (tertiary/aromatic N) is 4. The average molecular weight is 957 g/mol. The lowest BCUT2D eigenvalue weighted by Gasteiger charge is -2.17. The van der Waals surface area contributed by atoms with E-state index in [9.17, 15) is 28.8 Å². The number of benzene rings is 5. The molecule has 0 aliphatic heterocycles. The number of carbonyl (C=O) groups excluding carboxylic acids is 6. The Morgan fingerprint density at radius 3 is 1.21 bits per heavy atom. The number of anilines is 4. The Kier molecular flexibility index (Phi) is 15.9. The van der Waals surface area contributed by atoms with Crippen molar-refractivity contribution in [3.05, 3.63) is 137 Å². The van der Waals surface area contributed by atoms with Gasteiger partial charge in [0.2, 0.25) is 12.1 Å². The van der Waals surface area contributed by atoms with Crippen LogP contribution < -0.4 is 21.3 Å². The molecule has 318 valence electrons. The number of azo groups is 2. The molecule has 62 heavy (non-hydrogen) atoms. The van der Waals surface area contributed by atoms with E-state index in [-0.39, 0.29) is 69.7 Å². The average Bonchev–Trinajstić information content (AvgIpc) is 3.20. The number of rotatable bonds is 14. The molecule has 2 atom stereocenters. The van der Waals surface area contributed by atoms with E-state index in [1.807, 2.05) is 0 Å². The molecule has 0 fully saturated rings. The minimum atomic E-state index is -1.62. The molecular formula is C42H32Cl6N8O6. The van der Waals surface area contributed by atoms with Crippen molar-refractivity contribution in [2.45, 2.75) is 39.8 Å². The highest BCUT2D eigenvalue weighted by molar-refractivity contribution is 6.42. The molecule has 20 heteroatoms. The van der Waals surface area contributed by atoms with E-state index in [2.05, 4.69) is 41.7 Å². The van der Waals surface area contributed by atoms with E-state index >= 15 is 0 Å². The number of halogens is 6. The van der Waals surface area contributed by atoms with E-state index in [0.29, 0.717) is 16.8 Å². The highest BCUT2D eigenvalue weighted by Gasteiger charge is 2.27. The van der Waals surface area contributed by atoms with E-state index < -0.39 is 47.3 Å². The molecule has 5 aromatic carbocycles. The number of hydrogen-bond donors (Lipinski definition) is 4. The van der Waals surface area contributed by atoms with Crippen LogP contribution >= 0.6 is 69.6 Å². The number of nitrogens with one attached hydrogen (secondary N) is 4. The SMILES string of the molecule is CC(=O)C(N=Nc1cccc(C(=O)Nc2c(Cl)cccc2Cl)c1Cl)C(=O)Nc1cc(C)c(NC(=O)C(N=Nc2cccc(C(=O)Nc3c(Cl)cccc3Cl)c2Cl)C(C)=O)c(C)c1. The van der Waals surface area contributed by atoms with Crippen molar-refractivity contribution in [2.75, 3.05) is 21.3 Å². The summed E-state index contributed by atoms with van der Waals surface area (Å²) in [5.74, 6) is -4.25. The predicted octanol–water partition coefficient (Wildman–Crippen LogP) is 12.1. The Morgan fingerprint density at radius 2 is 0.839 bits per heavy atom. The number of hydrogen-bond acceptors (Lipinski definition) is 10. The topological polar surface area (TPSA) is 200 Å². The molecule has 0 radical (unpaired) electrons. The van der Waals surface area contributed by atoms with Crippen LogP contribution in [0.2, 0.25) is 30.1 Å². The molecule has 0 heterocycles. The Bertz CT molecular complexity index is 2650. The lowest BCUT2D eigenvalue weighted by molar-refractivity contribution is -0.127. The van der Waals surface area contributed by atoms with Crippen LogP contribution in [0.1, 0.15) is 45.7 Å². The van der Waals surface area contributed by atoms with Gasteiger partial charge in [0.25, 0.3) is 23.6 Å². The highest BCUT2D eigenvalue weighted by atomic mass is 35.5. The third kappa shape index (κ3) is 11.4. The van der Waals surface area contributed by atoms with Gasteiger partial charge in [0.1, 0.15) is 11.4 Å². The Labute approximate surface area is 384 Å². The van der Waals surface area contributed by atoms with Crippen molar-refractivity contribution in [3.8, 4) is 0 Å². The van der Waals surface area contributed by atoms with E-state index in [1.54, 1.807) is 50.2 Å². The standard InChI is InChI=1S/C42H32Cl6N8O6/c1-19-17-23(49-41(61)35(21(3)57)55-53-30-15-5-9-24(32(30)47)39(59)51-37-26(43)11-7-12-27(37)44)18-20(2)34(19)50-42(62)36(22(4)58)56-54-31-16-6-10-25(33(31)48)40(60)52-38-28(45)13-8-14-29(38)46/h5-18,35-36H,1-4H3,(H,49,61)(H,50,62)(H,51,59)(H,52,60). The zero-order chi connectivity index (χ0) is 45.4. The van der Waals surface area contributed by atoms with Gasteiger partial charge in [-0.1, -0.05) is 93.9 Å². The van der Waals surface area contributed by atoms with Crippen LogP contribution in [0.3, 0.4) is 0 Å². The van der Waals surface area contributed by atoms with E-state index in [1.165, 1.54) is 48.5 Å². The van der Waals surface area contributed by atoms with Gasteiger partial charge in [0, 0.05) is 11.4 Å². The molecule has 0 aromatic heterocycles. The van der Waals surface area contributed by atoms with Gasteiger partial charge in [-0.05, 0) is 99.5 Å². The molecule has 5 aromatic rings. The fraction of sp³-hybridized carbons (Fsp3) is 0.143. The zero-order valence-corrected chi connectivity index (χ0v) is 37.3. The highest BCUT2D eigenvalue weighted by Crippen LogP contribution is 2.35. The monoisotopic (exact) mass is 954 g/mol. The van der Waals surface area contributed by atoms with Gasteiger partial charge >= 0.3 is 0 Å². The van der Waals surface area contributed by atoms with Crippen molar-refractivity contribution in [1.82, 2.24) is 0 Å². The molecule has 4 amide bonds. The van der Waals surface area contributed by atoms with E-state index in [0.717, 1.165) is 13.8 Å². The van der Waals surface area contributed by atoms with Crippen LogP contribution in [-0.2, 0) is 19.2 Å². The van der Waals surface area contributed by atoms with Gasteiger partial charge in [-0.15, -0.1) is 0 Å². The minimum absolute atomic E-state index is 0.00108. The maximum absolute atomic E-state index is 13.4. The quantitative estimate of drug-likeness (QED) is 0.0630. The molecule has 14 nitrogen and oxygen atoms in total. The summed E-state index contributed by atoms with van der Waals surface area (Å²) in [6, 6.07) is 17.9. The number of aryl methyl sites for hydroxylation is 2. The van der Waals surface area contributed by atoms with Gasteiger partial charge in [0.05, 0.1) is 52.6 Å². The summed E-state index contributed by atoms with van der Waals surface area (Å²) >= 11 is 37.7. The van der Waals surface area contributed by atoms with Gasteiger partial charge < -0.3 is 21.3 Å². The fourth-order valence-corrected chi connectivity index (χ4v) is 7.14. The summed E-state index contributed by atoms with van der Waals surface area (Å²) in [6.45, 7) is 5.59. The summed E-state index contributed by atoms with van der Waals surface area (Å²) in [7, 11) is 0. The second kappa shape index (κ2) is 20.9. The summed E-state index contributed by atoms with van der Waals surface area (Å²) in [5.41, 5.74) is 1.83. The summed E-state index contributed by atoms with van der Waals surface area (Å²) in [4.78, 5) is 78.1. The third-order valence-electron chi connectivity index (χ3n) is 8.73. The maximum atomic E-state index is 13.4. The van der Waals surface area contributed by atoms with Crippen molar-refractivity contribution < 1.29 is 28.8 Å². The van der Waals surface area contributed by atoms with Crippen LogP contribution in [0, 0.1) is 13.8 Å². The zero-order valence-electron chi connectivity index (χ0n) is 32.7. The van der Waals surface area contributed by atoms with Crippen LogP contribution in [0.4, 0.5) is 34.1 Å². The maximum Gasteiger partial charge on any atom is 0.258 e. The molecule has 4 N–H and O–H groups in total. The molecule has 2 unspecified atom stereocenters. The van der Waals surface area contributed by atoms with Crippen molar-refractivity contribution in [1.29, 1.82) is 0 Å². The molecule has 0 bridgehead atoms. The lowest BCUT2D eigenvalue weighted by Crippen LogP contribution is -2.33. The number of para-hydroxylation sites is 2. The number of Topliss-reactive ketones (excluding diaryl/α,β-unsaturated/α-hetero) is 2. The smallest absolute Gasteiger partial charge is 0.258 e. The van der Waals surface area contributed by atoms with Crippen LogP contribution in [0.15, 0.2) is 105 Å². The largest absolute Gasteiger partial charge is 0.324 e. The molecule has 0 aliphatic carbocycles. The minimum Gasteiger partial charge on any atom is -0.324 e. The van der Waals surface area contributed by atoms with Crippen molar-refractivity contribution >= 4 is 139 Å². The van der Waals surface area contributed by atoms with Gasteiger partial charge in [0.15, 0.2) is 11.6 Å². The number of ketones is 2. The van der Waals surface area contributed by atoms with Crippen LogP contribution in [-0.4, -0.2) is 47.3 Å². The number of carbonyl (C=O) groups is 6. The normalized spacial score (nSPS) is 12.2.